The average Bonchev–Trinajstić information content (AvgIpc) is 3.34. The Kier molecular flexibility index (Phi) is 4.52. The van der Waals surface area contributed by atoms with Crippen LogP contribution in [0.3, 0.4) is 0 Å². The minimum absolute atomic E-state index is 0.0208. The van der Waals surface area contributed by atoms with Crippen molar-refractivity contribution < 1.29 is 13.2 Å². The molecule has 0 unspecified atom stereocenters. The van der Waals surface area contributed by atoms with E-state index in [4.69, 9.17) is 0 Å². The van der Waals surface area contributed by atoms with Crippen molar-refractivity contribution in [3.63, 3.8) is 0 Å². The Balaban J connectivity index is 1.71. The third-order valence-corrected chi connectivity index (χ3v) is 7.04. The maximum Gasteiger partial charge on any atom is 0.270 e. The van der Waals surface area contributed by atoms with Crippen molar-refractivity contribution in [1.82, 2.24) is 19.4 Å². The zero-order valence-corrected chi connectivity index (χ0v) is 16.1. The van der Waals surface area contributed by atoms with E-state index < -0.39 is 9.84 Å². The van der Waals surface area contributed by atoms with Crippen LogP contribution in [0.15, 0.2) is 36.4 Å². The summed E-state index contributed by atoms with van der Waals surface area (Å²) in [6.45, 7) is 1.72. The molecule has 10 heteroatoms. The van der Waals surface area contributed by atoms with Gasteiger partial charge in [0.15, 0.2) is 9.84 Å². The molecule has 1 saturated heterocycles. The molecule has 27 heavy (non-hydrogen) atoms. The Morgan fingerprint density at radius 1 is 1.30 bits per heavy atom. The molecule has 4 rings (SSSR count). The first-order valence-corrected chi connectivity index (χ1v) is 11.0. The minimum Gasteiger partial charge on any atom is -0.306 e. The topological polar surface area (TPSA) is 107 Å². The molecule has 1 aliphatic rings. The second-order valence-electron chi connectivity index (χ2n) is 6.42. The number of amides is 1. The number of anilines is 1. The summed E-state index contributed by atoms with van der Waals surface area (Å²) in [6, 6.07) is 11.0. The molecule has 3 heterocycles. The van der Waals surface area contributed by atoms with Crippen molar-refractivity contribution in [3.8, 4) is 11.3 Å². The van der Waals surface area contributed by atoms with Crippen LogP contribution in [0, 0.1) is 6.92 Å². The van der Waals surface area contributed by atoms with E-state index in [1.165, 1.54) is 0 Å². The summed E-state index contributed by atoms with van der Waals surface area (Å²) in [4.78, 5) is 13.0. The number of rotatable bonds is 4. The lowest BCUT2D eigenvalue weighted by Crippen LogP contribution is -2.19. The molecular formula is C17H17N5O3S2. The van der Waals surface area contributed by atoms with E-state index in [1.54, 1.807) is 17.7 Å². The monoisotopic (exact) mass is 403 g/mol. The maximum atomic E-state index is 12.6. The number of nitrogens with zero attached hydrogens (tertiary/aromatic N) is 4. The number of aromatic nitrogens is 4. The molecule has 1 aliphatic heterocycles. The second kappa shape index (κ2) is 6.86. The summed E-state index contributed by atoms with van der Waals surface area (Å²) in [5.74, 6) is 0.286. The van der Waals surface area contributed by atoms with Gasteiger partial charge in [-0.15, -0.1) is 5.10 Å². The van der Waals surface area contributed by atoms with Crippen LogP contribution in [-0.2, 0) is 9.84 Å². The molecule has 8 nitrogen and oxygen atoms in total. The van der Waals surface area contributed by atoms with Gasteiger partial charge in [0.1, 0.15) is 10.7 Å². The summed E-state index contributed by atoms with van der Waals surface area (Å²) in [7, 11) is -3.09. The molecule has 0 saturated carbocycles. The zero-order chi connectivity index (χ0) is 19.0. The molecule has 0 spiro atoms. The number of nitrogens with one attached hydrogen (secondary N) is 1. The fourth-order valence-electron chi connectivity index (χ4n) is 3.10. The van der Waals surface area contributed by atoms with Gasteiger partial charge < -0.3 is 5.32 Å². The molecule has 2 aromatic heterocycles. The Morgan fingerprint density at radius 2 is 2.07 bits per heavy atom. The van der Waals surface area contributed by atoms with Crippen molar-refractivity contribution in [2.45, 2.75) is 19.4 Å². The highest BCUT2D eigenvalue weighted by atomic mass is 32.2. The molecule has 1 atom stereocenters. The summed E-state index contributed by atoms with van der Waals surface area (Å²) in [5, 5.41) is 11.3. The summed E-state index contributed by atoms with van der Waals surface area (Å²) >= 11 is 1.02. The van der Waals surface area contributed by atoms with E-state index >= 15 is 0 Å². The largest absolute Gasteiger partial charge is 0.306 e. The standard InChI is InChI=1S/C17H17N5O3S2/c1-11-16(26-21-19-11)17(23)18-15-9-14(12-5-3-2-4-6-12)20-22(15)13-7-8-27(24,25)10-13/h2-6,9,13H,7-8,10H2,1H3,(H,18,23)/t13-/m0/s1. The highest BCUT2D eigenvalue weighted by Gasteiger charge is 2.32. The number of carbonyl (C=O) groups excluding carboxylic acids is 1. The molecule has 0 aliphatic carbocycles. The van der Waals surface area contributed by atoms with E-state index in [1.807, 2.05) is 30.3 Å². The normalized spacial score (nSPS) is 18.5. The first-order chi connectivity index (χ1) is 12.9. The van der Waals surface area contributed by atoms with Gasteiger partial charge in [0.2, 0.25) is 0 Å². The third kappa shape index (κ3) is 3.62. The van der Waals surface area contributed by atoms with Crippen LogP contribution in [-0.4, -0.2) is 45.2 Å². The number of sulfone groups is 1. The first-order valence-electron chi connectivity index (χ1n) is 8.39. The van der Waals surface area contributed by atoms with Gasteiger partial charge in [-0.05, 0) is 24.9 Å². The summed E-state index contributed by atoms with van der Waals surface area (Å²) in [6.07, 6.45) is 0.474. The lowest BCUT2D eigenvalue weighted by atomic mass is 10.1. The van der Waals surface area contributed by atoms with Gasteiger partial charge in [-0.25, -0.2) is 13.1 Å². The Labute approximate surface area is 160 Å². The van der Waals surface area contributed by atoms with Crippen molar-refractivity contribution in [3.05, 3.63) is 47.0 Å². The van der Waals surface area contributed by atoms with Crippen LogP contribution < -0.4 is 5.32 Å². The van der Waals surface area contributed by atoms with Crippen LogP contribution >= 0.6 is 11.5 Å². The zero-order valence-electron chi connectivity index (χ0n) is 14.5. The first kappa shape index (κ1) is 17.8. The third-order valence-electron chi connectivity index (χ3n) is 4.46. The maximum absolute atomic E-state index is 12.6. The quantitative estimate of drug-likeness (QED) is 0.716. The molecule has 1 fully saturated rings. The fourth-order valence-corrected chi connectivity index (χ4v) is 5.34. The lowest BCUT2D eigenvalue weighted by molar-refractivity contribution is 0.102. The van der Waals surface area contributed by atoms with E-state index in [2.05, 4.69) is 20.0 Å². The Bertz CT molecular complexity index is 1090. The van der Waals surface area contributed by atoms with Crippen molar-refractivity contribution in [2.75, 3.05) is 16.8 Å². The van der Waals surface area contributed by atoms with Gasteiger partial charge in [0.25, 0.3) is 5.91 Å². The van der Waals surface area contributed by atoms with Crippen molar-refractivity contribution >= 4 is 33.1 Å². The van der Waals surface area contributed by atoms with Gasteiger partial charge in [-0.2, -0.15) is 5.10 Å². The molecule has 0 bridgehead atoms. The molecule has 1 amide bonds. The molecular weight excluding hydrogens is 386 g/mol. The molecule has 0 radical (unpaired) electrons. The molecule has 140 valence electrons. The highest BCUT2D eigenvalue weighted by Crippen LogP contribution is 2.30. The van der Waals surface area contributed by atoms with Crippen LogP contribution in [0.2, 0.25) is 0 Å². The number of carbonyl (C=O) groups is 1. The van der Waals surface area contributed by atoms with Gasteiger partial charge in [0, 0.05) is 11.6 Å². The molecule has 1 aromatic carbocycles. The fraction of sp³-hybridized carbons (Fsp3) is 0.294. The SMILES string of the molecule is Cc1nnsc1C(=O)Nc1cc(-c2ccccc2)nn1[C@H]1CCS(=O)(=O)C1. The van der Waals surface area contributed by atoms with Crippen LogP contribution in [0.5, 0.6) is 0 Å². The predicted octanol–water partition coefficient (Wildman–Crippen LogP) is 2.32. The minimum atomic E-state index is -3.09. The van der Waals surface area contributed by atoms with Gasteiger partial charge in [-0.1, -0.05) is 34.8 Å². The van der Waals surface area contributed by atoms with Gasteiger partial charge >= 0.3 is 0 Å². The summed E-state index contributed by atoms with van der Waals surface area (Å²) < 4.78 is 29.2. The number of hydrogen-bond donors (Lipinski definition) is 1. The van der Waals surface area contributed by atoms with E-state index in [9.17, 15) is 13.2 Å². The van der Waals surface area contributed by atoms with Crippen LogP contribution in [0.4, 0.5) is 5.82 Å². The van der Waals surface area contributed by atoms with Gasteiger partial charge in [-0.3, -0.25) is 4.79 Å². The van der Waals surface area contributed by atoms with Crippen molar-refractivity contribution in [1.29, 1.82) is 0 Å². The second-order valence-corrected chi connectivity index (χ2v) is 9.41. The number of aryl methyl sites for hydroxylation is 1. The van der Waals surface area contributed by atoms with Crippen molar-refractivity contribution in [2.24, 2.45) is 0 Å². The Hall–Kier alpha value is -2.59. The molecule has 3 aromatic rings. The summed E-state index contributed by atoms with van der Waals surface area (Å²) in [5.41, 5.74) is 2.12. The number of benzene rings is 1. The molecule has 1 N–H and O–H groups in total. The van der Waals surface area contributed by atoms with Crippen LogP contribution in [0.1, 0.15) is 27.8 Å². The van der Waals surface area contributed by atoms with E-state index in [0.717, 1.165) is 17.1 Å². The van der Waals surface area contributed by atoms with Gasteiger partial charge in [0.05, 0.1) is 28.9 Å². The average molecular weight is 403 g/mol. The highest BCUT2D eigenvalue weighted by molar-refractivity contribution is 7.91. The smallest absolute Gasteiger partial charge is 0.270 e. The van der Waals surface area contributed by atoms with Crippen LogP contribution in [0.25, 0.3) is 11.3 Å². The Morgan fingerprint density at radius 3 is 2.70 bits per heavy atom. The number of hydrogen-bond acceptors (Lipinski definition) is 7. The lowest BCUT2D eigenvalue weighted by Gasteiger charge is -2.13. The van der Waals surface area contributed by atoms with E-state index in [0.29, 0.717) is 28.5 Å². The predicted molar refractivity (Wildman–Crippen MR) is 103 cm³/mol. The van der Waals surface area contributed by atoms with E-state index in [-0.39, 0.29) is 23.5 Å².